The van der Waals surface area contributed by atoms with Crippen LogP contribution in [0.2, 0.25) is 0 Å². The predicted octanol–water partition coefficient (Wildman–Crippen LogP) is 3.46. The van der Waals surface area contributed by atoms with Crippen LogP contribution in [-0.2, 0) is 6.54 Å². The highest BCUT2D eigenvalue weighted by atomic mass is 16.3. The maximum atomic E-state index is 9.28. The van der Waals surface area contributed by atoms with Gasteiger partial charge in [0.15, 0.2) is 0 Å². The number of aromatic nitrogens is 2. The third kappa shape index (κ3) is 3.36. The summed E-state index contributed by atoms with van der Waals surface area (Å²) in [5.74, 6) is 0.981. The first-order valence-corrected chi connectivity index (χ1v) is 6.70. The predicted molar refractivity (Wildman–Crippen MR) is 82.9 cm³/mol. The second-order valence-electron chi connectivity index (χ2n) is 4.67. The van der Waals surface area contributed by atoms with Crippen molar-refractivity contribution in [2.75, 3.05) is 5.32 Å². The van der Waals surface area contributed by atoms with Crippen LogP contribution in [0.15, 0.2) is 67.0 Å². The van der Waals surface area contributed by atoms with Crippen molar-refractivity contribution in [3.05, 3.63) is 72.6 Å². The lowest BCUT2D eigenvalue weighted by molar-refractivity contribution is 0.475. The lowest BCUT2D eigenvalue weighted by Gasteiger charge is -2.06. The molecule has 0 fully saturated rings. The molecule has 1 heterocycles. The van der Waals surface area contributed by atoms with Gasteiger partial charge in [0.25, 0.3) is 0 Å². The van der Waals surface area contributed by atoms with Crippen molar-refractivity contribution in [2.45, 2.75) is 6.54 Å². The summed E-state index contributed by atoms with van der Waals surface area (Å²) in [6, 6.07) is 17.0. The van der Waals surface area contributed by atoms with E-state index in [0.29, 0.717) is 6.54 Å². The molecular formula is C17H15N3O. The van der Waals surface area contributed by atoms with Gasteiger partial charge in [0, 0.05) is 12.1 Å². The van der Waals surface area contributed by atoms with Gasteiger partial charge in [-0.25, -0.2) is 4.98 Å². The van der Waals surface area contributed by atoms with Gasteiger partial charge in [-0.2, -0.15) is 0 Å². The average Bonchev–Trinajstić information content (AvgIpc) is 2.55. The fraction of sp³-hybridized carbons (Fsp3) is 0.0588. The van der Waals surface area contributed by atoms with Crippen molar-refractivity contribution < 1.29 is 5.11 Å². The van der Waals surface area contributed by atoms with Gasteiger partial charge < -0.3 is 10.4 Å². The molecule has 0 radical (unpaired) electrons. The molecule has 3 rings (SSSR count). The molecule has 0 saturated carbocycles. The van der Waals surface area contributed by atoms with Crippen molar-refractivity contribution in [1.29, 1.82) is 0 Å². The molecule has 0 spiro atoms. The molecule has 0 amide bonds. The zero-order valence-corrected chi connectivity index (χ0v) is 11.4. The largest absolute Gasteiger partial charge is 0.508 e. The number of hydrogen-bond donors (Lipinski definition) is 2. The fourth-order valence-corrected chi connectivity index (χ4v) is 1.99. The number of phenolic OH excluding ortho intramolecular Hbond substituents is 1. The summed E-state index contributed by atoms with van der Waals surface area (Å²) < 4.78 is 0. The van der Waals surface area contributed by atoms with Gasteiger partial charge in [0.2, 0.25) is 0 Å². The van der Waals surface area contributed by atoms with Crippen molar-refractivity contribution in [3.63, 3.8) is 0 Å². The van der Waals surface area contributed by atoms with E-state index in [1.54, 1.807) is 24.5 Å². The summed E-state index contributed by atoms with van der Waals surface area (Å²) >= 11 is 0. The quantitative estimate of drug-likeness (QED) is 0.766. The van der Waals surface area contributed by atoms with Crippen LogP contribution in [0.25, 0.3) is 11.3 Å². The first kappa shape index (κ1) is 13.1. The molecule has 0 aliphatic carbocycles. The number of nitrogens with zero attached hydrogens (tertiary/aromatic N) is 2. The summed E-state index contributed by atoms with van der Waals surface area (Å²) in [4.78, 5) is 8.74. The number of nitrogens with one attached hydrogen (secondary N) is 1. The minimum atomic E-state index is 0.243. The maximum absolute atomic E-state index is 9.28. The molecular weight excluding hydrogens is 262 g/mol. The Balaban J connectivity index is 1.68. The van der Waals surface area contributed by atoms with E-state index in [4.69, 9.17) is 0 Å². The third-order valence-corrected chi connectivity index (χ3v) is 3.13. The molecule has 4 heteroatoms. The van der Waals surface area contributed by atoms with Gasteiger partial charge >= 0.3 is 0 Å². The number of hydrogen-bond acceptors (Lipinski definition) is 4. The number of rotatable bonds is 4. The summed E-state index contributed by atoms with van der Waals surface area (Å²) in [7, 11) is 0. The van der Waals surface area contributed by atoms with Crippen LogP contribution in [0.1, 0.15) is 5.56 Å². The lowest BCUT2D eigenvalue weighted by Crippen LogP contribution is -2.01. The highest BCUT2D eigenvalue weighted by Crippen LogP contribution is 2.19. The monoisotopic (exact) mass is 277 g/mol. The van der Waals surface area contributed by atoms with Crippen molar-refractivity contribution >= 4 is 5.82 Å². The first-order chi connectivity index (χ1) is 10.3. The minimum absolute atomic E-state index is 0.243. The third-order valence-electron chi connectivity index (χ3n) is 3.13. The van der Waals surface area contributed by atoms with Crippen LogP contribution < -0.4 is 5.32 Å². The molecule has 1 aromatic heterocycles. The molecule has 0 aliphatic heterocycles. The fourth-order valence-electron chi connectivity index (χ4n) is 1.99. The Labute approximate surface area is 123 Å². The Bertz CT molecular complexity index is 694. The van der Waals surface area contributed by atoms with Gasteiger partial charge in [-0.3, -0.25) is 4.98 Å². The van der Waals surface area contributed by atoms with Gasteiger partial charge in [-0.05, 0) is 29.8 Å². The van der Waals surface area contributed by atoms with Gasteiger partial charge in [-0.15, -0.1) is 0 Å². The van der Waals surface area contributed by atoms with Crippen molar-refractivity contribution in [3.8, 4) is 17.0 Å². The normalized spacial score (nSPS) is 10.3. The summed E-state index contributed by atoms with van der Waals surface area (Å²) in [6.07, 6.45) is 3.44. The van der Waals surface area contributed by atoms with E-state index in [0.717, 1.165) is 17.1 Å². The highest BCUT2D eigenvalue weighted by molar-refractivity contribution is 5.59. The molecule has 0 aliphatic rings. The number of anilines is 1. The number of benzene rings is 2. The molecule has 0 saturated heterocycles. The van der Waals surface area contributed by atoms with E-state index < -0.39 is 0 Å². The molecule has 0 bridgehead atoms. The Hall–Kier alpha value is -2.88. The molecule has 2 N–H and O–H groups in total. The zero-order valence-electron chi connectivity index (χ0n) is 11.4. The molecule has 0 atom stereocenters. The second-order valence-corrected chi connectivity index (χ2v) is 4.67. The van der Waals surface area contributed by atoms with E-state index in [-0.39, 0.29) is 5.75 Å². The summed E-state index contributed by atoms with van der Waals surface area (Å²) in [5, 5.41) is 12.5. The van der Waals surface area contributed by atoms with Gasteiger partial charge in [-0.1, -0.05) is 30.3 Å². The smallest absolute Gasteiger partial charge is 0.144 e. The molecule has 3 aromatic rings. The molecule has 4 nitrogen and oxygen atoms in total. The summed E-state index contributed by atoms with van der Waals surface area (Å²) in [6.45, 7) is 0.716. The van der Waals surface area contributed by atoms with Crippen LogP contribution in [0.5, 0.6) is 5.75 Å². The van der Waals surface area contributed by atoms with E-state index in [9.17, 15) is 5.11 Å². The van der Waals surface area contributed by atoms with E-state index in [2.05, 4.69) is 27.4 Å². The van der Waals surface area contributed by atoms with Crippen molar-refractivity contribution in [2.24, 2.45) is 0 Å². The van der Waals surface area contributed by atoms with E-state index in [1.807, 2.05) is 30.3 Å². The second kappa shape index (κ2) is 6.05. The molecule has 0 unspecified atom stereocenters. The minimum Gasteiger partial charge on any atom is -0.508 e. The lowest BCUT2D eigenvalue weighted by atomic mass is 10.1. The van der Waals surface area contributed by atoms with Crippen LogP contribution in [0.3, 0.4) is 0 Å². The topological polar surface area (TPSA) is 58.0 Å². The Kier molecular flexibility index (Phi) is 3.78. The van der Waals surface area contributed by atoms with Crippen molar-refractivity contribution in [1.82, 2.24) is 9.97 Å². The number of phenols is 1. The van der Waals surface area contributed by atoms with Gasteiger partial charge in [0.05, 0.1) is 18.1 Å². The SMILES string of the molecule is Oc1ccc(-c2cnc(NCc3ccccc3)cn2)cc1. The standard InChI is InChI=1S/C17H15N3O/c21-15-8-6-14(7-9-15)16-11-20-17(12-18-16)19-10-13-4-2-1-3-5-13/h1-9,11-12,21H,10H2,(H,19,20). The van der Waals surface area contributed by atoms with Crippen LogP contribution in [0, 0.1) is 0 Å². The zero-order chi connectivity index (χ0) is 14.5. The highest BCUT2D eigenvalue weighted by Gasteiger charge is 2.01. The van der Waals surface area contributed by atoms with Crippen LogP contribution in [0.4, 0.5) is 5.82 Å². The molecule has 104 valence electrons. The maximum Gasteiger partial charge on any atom is 0.144 e. The molecule has 21 heavy (non-hydrogen) atoms. The summed E-state index contributed by atoms with van der Waals surface area (Å²) in [5.41, 5.74) is 2.90. The van der Waals surface area contributed by atoms with Crippen LogP contribution in [-0.4, -0.2) is 15.1 Å². The number of aromatic hydroxyl groups is 1. The first-order valence-electron chi connectivity index (χ1n) is 6.70. The Morgan fingerprint density at radius 1 is 0.857 bits per heavy atom. The van der Waals surface area contributed by atoms with Gasteiger partial charge in [0.1, 0.15) is 11.6 Å². The Morgan fingerprint density at radius 3 is 2.29 bits per heavy atom. The van der Waals surface area contributed by atoms with E-state index >= 15 is 0 Å². The van der Waals surface area contributed by atoms with Crippen LogP contribution >= 0.6 is 0 Å². The van der Waals surface area contributed by atoms with E-state index in [1.165, 1.54) is 5.56 Å². The Morgan fingerprint density at radius 2 is 1.62 bits per heavy atom. The molecule has 2 aromatic carbocycles. The average molecular weight is 277 g/mol.